The van der Waals surface area contributed by atoms with Crippen molar-refractivity contribution < 1.29 is 9.72 Å². The molecule has 3 aromatic rings. The van der Waals surface area contributed by atoms with Crippen molar-refractivity contribution in [1.82, 2.24) is 0 Å². The monoisotopic (exact) mass is 387 g/mol. The number of hydrogen-bond donors (Lipinski definition) is 0. The van der Waals surface area contributed by atoms with Gasteiger partial charge < -0.3 is 0 Å². The zero-order valence-corrected chi connectivity index (χ0v) is 16.5. The van der Waals surface area contributed by atoms with Crippen LogP contribution >= 0.6 is 0 Å². The molecule has 0 saturated heterocycles. The number of hydrogen-bond acceptors (Lipinski definition) is 4. The molecule has 0 bridgehead atoms. The van der Waals surface area contributed by atoms with Gasteiger partial charge in [-0.05, 0) is 57.2 Å². The van der Waals surface area contributed by atoms with Gasteiger partial charge in [-0.15, -0.1) is 0 Å². The first-order valence-electron chi connectivity index (χ1n) is 9.13. The maximum absolute atomic E-state index is 13.3. The molecule has 0 aliphatic rings. The normalized spacial score (nSPS) is 11.2. The van der Waals surface area contributed by atoms with E-state index in [4.69, 9.17) is 0 Å². The van der Waals surface area contributed by atoms with E-state index in [0.29, 0.717) is 17.1 Å². The number of rotatable bonds is 4. The maximum Gasteiger partial charge on any atom is 0.269 e. The van der Waals surface area contributed by atoms with Crippen molar-refractivity contribution in [2.45, 2.75) is 20.8 Å². The van der Waals surface area contributed by atoms with Crippen LogP contribution in [0.2, 0.25) is 0 Å². The Hall–Kier alpha value is -3.80. The van der Waals surface area contributed by atoms with Gasteiger partial charge in [0.25, 0.3) is 11.6 Å². The molecule has 0 aromatic heterocycles. The van der Waals surface area contributed by atoms with E-state index in [-0.39, 0.29) is 11.6 Å². The molecule has 0 radical (unpaired) electrons. The van der Waals surface area contributed by atoms with Gasteiger partial charge in [-0.2, -0.15) is 0 Å². The predicted molar refractivity (Wildman–Crippen MR) is 115 cm³/mol. The van der Waals surface area contributed by atoms with Crippen molar-refractivity contribution in [3.8, 4) is 0 Å². The van der Waals surface area contributed by atoms with Gasteiger partial charge in [0, 0.05) is 17.7 Å². The van der Waals surface area contributed by atoms with E-state index in [1.807, 2.05) is 62.4 Å². The summed E-state index contributed by atoms with van der Waals surface area (Å²) in [6.45, 7) is 5.74. The van der Waals surface area contributed by atoms with Crippen molar-refractivity contribution in [2.75, 3.05) is 4.90 Å². The average Bonchev–Trinajstić information content (AvgIpc) is 2.71. The zero-order chi connectivity index (χ0) is 21.0. The minimum atomic E-state index is -0.490. The van der Waals surface area contributed by atoms with E-state index in [2.05, 4.69) is 4.99 Å². The van der Waals surface area contributed by atoms with Crippen molar-refractivity contribution in [3.63, 3.8) is 0 Å². The van der Waals surface area contributed by atoms with Crippen LogP contribution in [0.4, 0.5) is 17.1 Å². The van der Waals surface area contributed by atoms with E-state index in [9.17, 15) is 14.9 Å². The Kier molecular flexibility index (Phi) is 5.83. The topological polar surface area (TPSA) is 75.8 Å². The number of anilines is 1. The molecule has 6 heteroatoms. The Balaban J connectivity index is 2.02. The number of non-ortho nitro benzene ring substituents is 1. The molecule has 1 amide bonds. The Morgan fingerprint density at radius 1 is 0.862 bits per heavy atom. The van der Waals surface area contributed by atoms with Crippen LogP contribution in [0.15, 0.2) is 77.8 Å². The lowest BCUT2D eigenvalue weighted by Gasteiger charge is -2.23. The second-order valence-electron chi connectivity index (χ2n) is 6.77. The molecule has 3 aromatic carbocycles. The van der Waals surface area contributed by atoms with Gasteiger partial charge in [0.2, 0.25) is 0 Å². The number of carbonyl (C=O) groups is 1. The molecule has 0 N–H and O–H groups in total. The third kappa shape index (κ3) is 4.73. The molecule has 0 aliphatic heterocycles. The van der Waals surface area contributed by atoms with Crippen LogP contribution in [0.25, 0.3) is 0 Å². The molecule has 29 heavy (non-hydrogen) atoms. The number of nitrogens with zero attached hydrogens (tertiary/aromatic N) is 3. The number of aliphatic imine (C=N–C) groups is 1. The summed E-state index contributed by atoms with van der Waals surface area (Å²) in [6.07, 6.45) is 0. The predicted octanol–water partition coefficient (Wildman–Crippen LogP) is 5.61. The highest BCUT2D eigenvalue weighted by atomic mass is 16.6. The van der Waals surface area contributed by atoms with Gasteiger partial charge in [0.15, 0.2) is 0 Å². The van der Waals surface area contributed by atoms with Crippen molar-refractivity contribution in [1.29, 1.82) is 0 Å². The van der Waals surface area contributed by atoms with Crippen LogP contribution in [-0.2, 0) is 0 Å². The molecule has 0 atom stereocenters. The number of aryl methyl sites for hydroxylation is 2. The molecule has 0 unspecified atom stereocenters. The molecular weight excluding hydrogens is 366 g/mol. The minimum absolute atomic E-state index is 0.0616. The van der Waals surface area contributed by atoms with Crippen LogP contribution in [0.5, 0.6) is 0 Å². The highest BCUT2D eigenvalue weighted by Crippen LogP contribution is 2.22. The average molecular weight is 387 g/mol. The quantitative estimate of drug-likeness (QED) is 0.253. The largest absolute Gasteiger partial charge is 0.269 e. The first-order valence-corrected chi connectivity index (χ1v) is 9.13. The summed E-state index contributed by atoms with van der Waals surface area (Å²) < 4.78 is 0. The zero-order valence-electron chi connectivity index (χ0n) is 16.5. The SMILES string of the molecule is CC(=Nc1ccc(C)cc1)N(C(=O)c1ccc([N+](=O)[O-])cc1)c1ccc(C)cc1. The van der Waals surface area contributed by atoms with Crippen molar-refractivity contribution >= 4 is 28.8 Å². The summed E-state index contributed by atoms with van der Waals surface area (Å²) in [4.78, 5) is 29.8. The first-order chi connectivity index (χ1) is 13.8. The summed E-state index contributed by atoms with van der Waals surface area (Å²) in [7, 11) is 0. The van der Waals surface area contributed by atoms with E-state index in [0.717, 1.165) is 16.8 Å². The van der Waals surface area contributed by atoms with Crippen LogP contribution in [-0.4, -0.2) is 16.7 Å². The van der Waals surface area contributed by atoms with Gasteiger partial charge in [0.05, 0.1) is 16.3 Å². The summed E-state index contributed by atoms with van der Waals surface area (Å²) in [5.41, 5.74) is 3.89. The fourth-order valence-corrected chi connectivity index (χ4v) is 2.86. The fraction of sp³-hybridized carbons (Fsp3) is 0.130. The van der Waals surface area contributed by atoms with E-state index >= 15 is 0 Å². The number of amides is 1. The summed E-state index contributed by atoms with van der Waals surface area (Å²) in [5, 5.41) is 10.9. The van der Waals surface area contributed by atoms with Gasteiger partial charge >= 0.3 is 0 Å². The number of amidine groups is 1. The molecule has 6 nitrogen and oxygen atoms in total. The smallest absolute Gasteiger partial charge is 0.268 e. The molecule has 0 saturated carbocycles. The van der Waals surface area contributed by atoms with Crippen LogP contribution in [0.1, 0.15) is 28.4 Å². The maximum atomic E-state index is 13.3. The molecule has 0 aliphatic carbocycles. The number of benzene rings is 3. The molecule has 0 fully saturated rings. The lowest BCUT2D eigenvalue weighted by Crippen LogP contribution is -2.35. The van der Waals surface area contributed by atoms with Gasteiger partial charge in [-0.3, -0.25) is 19.8 Å². The Labute approximate surface area is 169 Å². The molecule has 3 rings (SSSR count). The molecule has 0 spiro atoms. The highest BCUT2D eigenvalue weighted by Gasteiger charge is 2.21. The summed E-state index contributed by atoms with van der Waals surface area (Å²) in [5.74, 6) is 0.193. The Bertz CT molecular complexity index is 1050. The molecule has 146 valence electrons. The minimum Gasteiger partial charge on any atom is -0.268 e. The fourth-order valence-electron chi connectivity index (χ4n) is 2.86. The van der Waals surface area contributed by atoms with Crippen molar-refractivity contribution in [2.24, 2.45) is 4.99 Å². The Morgan fingerprint density at radius 2 is 1.38 bits per heavy atom. The second kappa shape index (κ2) is 8.48. The van der Waals surface area contributed by atoms with Crippen LogP contribution in [0, 0.1) is 24.0 Å². The lowest BCUT2D eigenvalue weighted by atomic mass is 10.1. The third-order valence-corrected chi connectivity index (χ3v) is 4.47. The van der Waals surface area contributed by atoms with Crippen LogP contribution in [0.3, 0.4) is 0 Å². The van der Waals surface area contributed by atoms with Gasteiger partial charge in [-0.25, -0.2) is 4.99 Å². The summed E-state index contributed by atoms with van der Waals surface area (Å²) in [6, 6.07) is 20.8. The lowest BCUT2D eigenvalue weighted by molar-refractivity contribution is -0.384. The Morgan fingerprint density at radius 3 is 1.90 bits per heavy atom. The second-order valence-corrected chi connectivity index (χ2v) is 6.77. The van der Waals surface area contributed by atoms with Gasteiger partial charge in [-0.1, -0.05) is 35.4 Å². The number of nitro groups is 1. The number of carbonyl (C=O) groups excluding carboxylic acids is 1. The van der Waals surface area contributed by atoms with E-state index < -0.39 is 4.92 Å². The molecule has 0 heterocycles. The number of nitro benzene ring substituents is 1. The third-order valence-electron chi connectivity index (χ3n) is 4.47. The van der Waals surface area contributed by atoms with E-state index in [1.165, 1.54) is 29.2 Å². The summed E-state index contributed by atoms with van der Waals surface area (Å²) >= 11 is 0. The first kappa shape index (κ1) is 19.9. The van der Waals surface area contributed by atoms with Gasteiger partial charge in [0.1, 0.15) is 5.84 Å². The molecular formula is C23H21N3O3. The van der Waals surface area contributed by atoms with Crippen molar-refractivity contribution in [3.05, 3.63) is 99.6 Å². The standard InChI is InChI=1S/C23H21N3O3/c1-16-4-10-20(11-5-16)24-18(3)25(21-12-6-17(2)7-13-21)23(27)19-8-14-22(15-9-19)26(28)29/h4-15H,1-3H3. The highest BCUT2D eigenvalue weighted by molar-refractivity contribution is 6.22. The van der Waals surface area contributed by atoms with E-state index in [1.54, 1.807) is 6.92 Å². The van der Waals surface area contributed by atoms with Crippen LogP contribution < -0.4 is 4.90 Å².